The Morgan fingerprint density at radius 3 is 2.60 bits per heavy atom. The second kappa shape index (κ2) is 7.14. The molecule has 2 rings (SSSR count). The maximum absolute atomic E-state index is 12.3. The van der Waals surface area contributed by atoms with Crippen LogP contribution in [0.3, 0.4) is 0 Å². The second-order valence-corrected chi connectivity index (χ2v) is 5.01. The van der Waals surface area contributed by atoms with Gasteiger partial charge in [0.1, 0.15) is 5.75 Å². The van der Waals surface area contributed by atoms with Crippen LogP contribution in [0.5, 0.6) is 5.75 Å². The highest BCUT2D eigenvalue weighted by atomic mass is 16.5. The van der Waals surface area contributed by atoms with Gasteiger partial charge in [-0.3, -0.25) is 0 Å². The third kappa shape index (κ3) is 4.13. The van der Waals surface area contributed by atoms with Crippen LogP contribution in [0.2, 0.25) is 0 Å². The molecule has 1 aliphatic rings. The summed E-state index contributed by atoms with van der Waals surface area (Å²) in [5.74, 6) is 0.769. The largest absolute Gasteiger partial charge is 0.497 e. The lowest BCUT2D eigenvalue weighted by Gasteiger charge is -2.22. The number of anilines is 1. The predicted molar refractivity (Wildman–Crippen MR) is 78.1 cm³/mol. The molecule has 5 nitrogen and oxygen atoms in total. The first kappa shape index (κ1) is 14.7. The molecule has 0 bridgehead atoms. The van der Waals surface area contributed by atoms with Gasteiger partial charge >= 0.3 is 6.03 Å². The third-order valence-electron chi connectivity index (χ3n) is 3.40. The summed E-state index contributed by atoms with van der Waals surface area (Å²) in [6, 6.07) is 7.61. The zero-order valence-electron chi connectivity index (χ0n) is 11.8. The Morgan fingerprint density at radius 2 is 2.05 bits per heavy atom. The van der Waals surface area contributed by atoms with Crippen LogP contribution in [-0.4, -0.2) is 42.3 Å². The molecule has 1 fully saturated rings. The maximum atomic E-state index is 12.3. The topological polar surface area (TPSA) is 61.8 Å². The summed E-state index contributed by atoms with van der Waals surface area (Å²) >= 11 is 0. The number of aliphatic hydroxyl groups is 1. The predicted octanol–water partition coefficient (Wildman–Crippen LogP) is 2.46. The van der Waals surface area contributed by atoms with E-state index in [4.69, 9.17) is 9.84 Å². The molecule has 0 atom stereocenters. The van der Waals surface area contributed by atoms with Crippen LogP contribution in [0.25, 0.3) is 0 Å². The summed E-state index contributed by atoms with van der Waals surface area (Å²) in [5.41, 5.74) is 0.767. The highest BCUT2D eigenvalue weighted by Crippen LogP contribution is 2.28. The molecule has 0 heterocycles. The number of nitrogens with one attached hydrogen (secondary N) is 1. The van der Waals surface area contributed by atoms with E-state index in [0.29, 0.717) is 12.6 Å². The smallest absolute Gasteiger partial charge is 0.322 e. The number of carbonyl (C=O) groups is 1. The Balaban J connectivity index is 1.89. The van der Waals surface area contributed by atoms with Crippen molar-refractivity contribution in [1.82, 2.24) is 4.90 Å². The fourth-order valence-electron chi connectivity index (χ4n) is 2.10. The van der Waals surface area contributed by atoms with E-state index in [9.17, 15) is 4.79 Å². The second-order valence-electron chi connectivity index (χ2n) is 5.01. The SMILES string of the molecule is COc1ccc(NC(=O)N(CCCCO)C2CC2)cc1. The molecule has 20 heavy (non-hydrogen) atoms. The fraction of sp³-hybridized carbons (Fsp3) is 0.533. The van der Waals surface area contributed by atoms with Gasteiger partial charge in [0.25, 0.3) is 0 Å². The first-order chi connectivity index (χ1) is 9.74. The Bertz CT molecular complexity index is 429. The van der Waals surface area contributed by atoms with Gasteiger partial charge in [0, 0.05) is 24.9 Å². The minimum Gasteiger partial charge on any atom is -0.497 e. The van der Waals surface area contributed by atoms with E-state index in [1.165, 1.54) is 0 Å². The Labute approximate surface area is 119 Å². The summed E-state index contributed by atoms with van der Waals surface area (Å²) in [7, 11) is 1.61. The Kier molecular flexibility index (Phi) is 5.24. The van der Waals surface area contributed by atoms with Crippen molar-refractivity contribution < 1.29 is 14.6 Å². The normalized spacial score (nSPS) is 13.9. The van der Waals surface area contributed by atoms with Crippen LogP contribution in [0.15, 0.2) is 24.3 Å². The van der Waals surface area contributed by atoms with E-state index in [1.807, 2.05) is 29.2 Å². The molecular formula is C15H22N2O3. The van der Waals surface area contributed by atoms with E-state index < -0.39 is 0 Å². The zero-order chi connectivity index (χ0) is 14.4. The van der Waals surface area contributed by atoms with Gasteiger partial charge in [-0.2, -0.15) is 0 Å². The number of urea groups is 1. The van der Waals surface area contributed by atoms with Crippen molar-refractivity contribution in [3.8, 4) is 5.75 Å². The van der Waals surface area contributed by atoms with E-state index in [2.05, 4.69) is 5.32 Å². The molecule has 0 aliphatic heterocycles. The molecule has 110 valence electrons. The molecule has 0 radical (unpaired) electrons. The summed E-state index contributed by atoms with van der Waals surface area (Å²) in [6.45, 7) is 0.881. The summed E-state index contributed by atoms with van der Waals surface area (Å²) in [4.78, 5) is 14.1. The van der Waals surface area contributed by atoms with Gasteiger partial charge < -0.3 is 20.1 Å². The molecule has 0 unspecified atom stereocenters. The number of carbonyl (C=O) groups excluding carboxylic acids is 1. The summed E-state index contributed by atoms with van der Waals surface area (Å²) < 4.78 is 5.09. The fourth-order valence-corrected chi connectivity index (χ4v) is 2.10. The number of rotatable bonds is 7. The van der Waals surface area contributed by atoms with Gasteiger partial charge in [0.15, 0.2) is 0 Å². The highest BCUT2D eigenvalue weighted by molar-refractivity contribution is 5.89. The zero-order valence-corrected chi connectivity index (χ0v) is 11.8. The molecule has 5 heteroatoms. The van der Waals surface area contributed by atoms with Gasteiger partial charge in [-0.05, 0) is 49.9 Å². The maximum Gasteiger partial charge on any atom is 0.322 e. The van der Waals surface area contributed by atoms with E-state index in [-0.39, 0.29) is 12.6 Å². The number of ether oxygens (including phenoxy) is 1. The highest BCUT2D eigenvalue weighted by Gasteiger charge is 2.32. The van der Waals surface area contributed by atoms with Gasteiger partial charge in [-0.15, -0.1) is 0 Å². The number of amides is 2. The van der Waals surface area contributed by atoms with Crippen molar-refractivity contribution in [2.45, 2.75) is 31.7 Å². The van der Waals surface area contributed by atoms with Gasteiger partial charge in [0.05, 0.1) is 7.11 Å². The number of benzene rings is 1. The minimum absolute atomic E-state index is 0.0596. The third-order valence-corrected chi connectivity index (χ3v) is 3.40. The van der Waals surface area contributed by atoms with Crippen LogP contribution in [0, 0.1) is 0 Å². The molecule has 1 aliphatic carbocycles. The molecule has 0 aromatic heterocycles. The van der Waals surface area contributed by atoms with Crippen LogP contribution >= 0.6 is 0 Å². The quantitative estimate of drug-likeness (QED) is 0.753. The van der Waals surface area contributed by atoms with Crippen LogP contribution in [-0.2, 0) is 0 Å². The standard InChI is InChI=1S/C15H22N2O3/c1-20-14-8-4-12(5-9-14)16-15(19)17(13-6-7-13)10-2-3-11-18/h4-5,8-9,13,18H,2-3,6-7,10-11H2,1H3,(H,16,19). The number of methoxy groups -OCH3 is 1. The van der Waals surface area contributed by atoms with E-state index in [1.54, 1.807) is 7.11 Å². The average molecular weight is 278 g/mol. The van der Waals surface area contributed by atoms with Gasteiger partial charge in [-0.25, -0.2) is 4.79 Å². The van der Waals surface area contributed by atoms with Crippen molar-refractivity contribution in [2.75, 3.05) is 25.6 Å². The lowest BCUT2D eigenvalue weighted by atomic mass is 10.3. The first-order valence-corrected chi connectivity index (χ1v) is 7.07. The summed E-state index contributed by atoms with van der Waals surface area (Å²) in [6.07, 6.45) is 3.73. The lowest BCUT2D eigenvalue weighted by molar-refractivity contribution is 0.204. The first-order valence-electron chi connectivity index (χ1n) is 7.07. The van der Waals surface area contributed by atoms with Crippen LogP contribution in [0.1, 0.15) is 25.7 Å². The van der Waals surface area contributed by atoms with Gasteiger partial charge in [-0.1, -0.05) is 0 Å². The molecule has 2 N–H and O–H groups in total. The van der Waals surface area contributed by atoms with Gasteiger partial charge in [0.2, 0.25) is 0 Å². The van der Waals surface area contributed by atoms with Crippen molar-refractivity contribution in [3.63, 3.8) is 0 Å². The molecule has 0 spiro atoms. The molecular weight excluding hydrogens is 256 g/mol. The molecule has 2 amide bonds. The minimum atomic E-state index is -0.0596. The van der Waals surface area contributed by atoms with Crippen LogP contribution in [0.4, 0.5) is 10.5 Å². The Morgan fingerprint density at radius 1 is 1.35 bits per heavy atom. The van der Waals surface area contributed by atoms with E-state index >= 15 is 0 Å². The van der Waals surface area contributed by atoms with Crippen molar-refractivity contribution in [3.05, 3.63) is 24.3 Å². The molecule has 1 saturated carbocycles. The number of nitrogens with zero attached hydrogens (tertiary/aromatic N) is 1. The average Bonchev–Trinajstić information content (AvgIpc) is 3.29. The molecule has 1 aromatic rings. The molecule has 1 aromatic carbocycles. The lowest BCUT2D eigenvalue weighted by Crippen LogP contribution is -2.37. The molecule has 0 saturated heterocycles. The van der Waals surface area contributed by atoms with Crippen molar-refractivity contribution in [2.24, 2.45) is 0 Å². The van der Waals surface area contributed by atoms with E-state index in [0.717, 1.165) is 37.1 Å². The Hall–Kier alpha value is -1.75. The van der Waals surface area contributed by atoms with Crippen molar-refractivity contribution >= 4 is 11.7 Å². The van der Waals surface area contributed by atoms with Crippen LogP contribution < -0.4 is 10.1 Å². The number of hydrogen-bond donors (Lipinski definition) is 2. The number of hydrogen-bond acceptors (Lipinski definition) is 3. The van der Waals surface area contributed by atoms with Crippen molar-refractivity contribution in [1.29, 1.82) is 0 Å². The summed E-state index contributed by atoms with van der Waals surface area (Å²) in [5, 5.41) is 11.7. The number of unbranched alkanes of at least 4 members (excludes halogenated alkanes) is 1. The monoisotopic (exact) mass is 278 g/mol. The number of aliphatic hydroxyl groups excluding tert-OH is 1.